The number of hydrogen-bond acceptors (Lipinski definition) is 3. The molecular weight excluding hydrogens is 264 g/mol. The summed E-state index contributed by atoms with van der Waals surface area (Å²) in [5, 5.41) is 0. The number of rotatable bonds is 1. The molecule has 0 saturated carbocycles. The molecule has 2 amide bonds. The van der Waals surface area contributed by atoms with Gasteiger partial charge in [0.25, 0.3) is 11.8 Å². The van der Waals surface area contributed by atoms with Crippen molar-refractivity contribution < 1.29 is 9.59 Å². The second kappa shape index (κ2) is 4.45. The zero-order valence-electron chi connectivity index (χ0n) is 12.2. The standard InChI is InChI=1S/C17H16N2O2/c1-9-4-6-12-13(8-9)17(21)19(16(12)20)15-10(2)5-7-14(18)11(15)3/h4-8H,18H2,1-3H3. The molecule has 1 aliphatic heterocycles. The van der Waals surface area contributed by atoms with E-state index in [1.165, 1.54) is 4.90 Å². The monoisotopic (exact) mass is 280 g/mol. The van der Waals surface area contributed by atoms with Crippen LogP contribution in [-0.4, -0.2) is 11.8 Å². The molecule has 0 fully saturated rings. The van der Waals surface area contributed by atoms with Crippen molar-refractivity contribution in [1.29, 1.82) is 0 Å². The zero-order valence-corrected chi connectivity index (χ0v) is 12.2. The number of benzene rings is 2. The molecule has 21 heavy (non-hydrogen) atoms. The number of nitrogen functional groups attached to an aromatic ring is 1. The molecule has 0 radical (unpaired) electrons. The summed E-state index contributed by atoms with van der Waals surface area (Å²) in [7, 11) is 0. The number of hydrogen-bond donors (Lipinski definition) is 1. The van der Waals surface area contributed by atoms with Gasteiger partial charge < -0.3 is 5.73 Å². The van der Waals surface area contributed by atoms with Gasteiger partial charge in [0.2, 0.25) is 0 Å². The zero-order chi connectivity index (χ0) is 15.3. The first-order valence-corrected chi connectivity index (χ1v) is 6.77. The highest BCUT2D eigenvalue weighted by Crippen LogP contribution is 2.35. The van der Waals surface area contributed by atoms with E-state index in [1.807, 2.05) is 32.9 Å². The van der Waals surface area contributed by atoms with Gasteiger partial charge in [-0.25, -0.2) is 4.90 Å². The van der Waals surface area contributed by atoms with Crippen molar-refractivity contribution in [3.8, 4) is 0 Å². The molecule has 4 nitrogen and oxygen atoms in total. The Kier molecular flexibility index (Phi) is 2.83. The first kappa shape index (κ1) is 13.4. The summed E-state index contributed by atoms with van der Waals surface area (Å²) in [5.74, 6) is -0.567. The van der Waals surface area contributed by atoms with E-state index in [9.17, 15) is 9.59 Å². The number of nitrogens with zero attached hydrogens (tertiary/aromatic N) is 1. The fraction of sp³-hybridized carbons (Fsp3) is 0.176. The summed E-state index contributed by atoms with van der Waals surface area (Å²) in [6, 6.07) is 8.92. The molecule has 1 heterocycles. The van der Waals surface area contributed by atoms with Crippen LogP contribution in [0.4, 0.5) is 11.4 Å². The van der Waals surface area contributed by atoms with Crippen molar-refractivity contribution in [1.82, 2.24) is 0 Å². The number of fused-ring (bicyclic) bond motifs is 1. The van der Waals surface area contributed by atoms with Crippen molar-refractivity contribution in [3.05, 3.63) is 58.1 Å². The van der Waals surface area contributed by atoms with Crippen LogP contribution in [0.1, 0.15) is 37.4 Å². The van der Waals surface area contributed by atoms with E-state index < -0.39 is 0 Å². The first-order valence-electron chi connectivity index (χ1n) is 6.77. The predicted molar refractivity (Wildman–Crippen MR) is 82.6 cm³/mol. The Balaban J connectivity index is 2.21. The van der Waals surface area contributed by atoms with Crippen LogP contribution in [-0.2, 0) is 0 Å². The van der Waals surface area contributed by atoms with Gasteiger partial charge in [-0.05, 0) is 50.1 Å². The molecule has 0 bridgehead atoms. The molecular formula is C17H16N2O2. The van der Waals surface area contributed by atoms with Gasteiger partial charge in [-0.15, -0.1) is 0 Å². The van der Waals surface area contributed by atoms with E-state index in [4.69, 9.17) is 5.73 Å². The fourth-order valence-corrected chi connectivity index (χ4v) is 2.75. The molecule has 2 aromatic rings. The maximum atomic E-state index is 12.6. The maximum absolute atomic E-state index is 12.6. The van der Waals surface area contributed by atoms with E-state index in [-0.39, 0.29) is 11.8 Å². The van der Waals surface area contributed by atoms with Gasteiger partial charge in [0.15, 0.2) is 0 Å². The van der Waals surface area contributed by atoms with Gasteiger partial charge in [-0.3, -0.25) is 9.59 Å². The summed E-state index contributed by atoms with van der Waals surface area (Å²) in [4.78, 5) is 26.5. The molecule has 2 aromatic carbocycles. The van der Waals surface area contributed by atoms with Crippen molar-refractivity contribution >= 4 is 23.2 Å². The second-order valence-corrected chi connectivity index (χ2v) is 5.44. The fourth-order valence-electron chi connectivity index (χ4n) is 2.75. The van der Waals surface area contributed by atoms with Crippen molar-refractivity contribution in [2.75, 3.05) is 10.6 Å². The molecule has 2 N–H and O–H groups in total. The Bertz CT molecular complexity index is 794. The van der Waals surface area contributed by atoms with E-state index >= 15 is 0 Å². The molecule has 0 saturated heterocycles. The third kappa shape index (κ3) is 1.83. The Hall–Kier alpha value is -2.62. The van der Waals surface area contributed by atoms with Crippen LogP contribution in [0.2, 0.25) is 0 Å². The lowest BCUT2D eigenvalue weighted by Gasteiger charge is -2.20. The largest absolute Gasteiger partial charge is 0.398 e. The number of amides is 2. The van der Waals surface area contributed by atoms with Gasteiger partial charge in [0.05, 0.1) is 16.8 Å². The third-order valence-corrected chi connectivity index (χ3v) is 3.94. The van der Waals surface area contributed by atoms with E-state index in [2.05, 4.69) is 0 Å². The number of carbonyl (C=O) groups excluding carboxylic acids is 2. The molecule has 0 spiro atoms. The number of aryl methyl sites for hydroxylation is 2. The lowest BCUT2D eigenvalue weighted by Crippen LogP contribution is -2.31. The van der Waals surface area contributed by atoms with Gasteiger partial charge in [-0.1, -0.05) is 17.7 Å². The van der Waals surface area contributed by atoms with Crippen LogP contribution in [0, 0.1) is 20.8 Å². The molecule has 4 heteroatoms. The van der Waals surface area contributed by atoms with Gasteiger partial charge in [0, 0.05) is 5.69 Å². The van der Waals surface area contributed by atoms with Crippen LogP contribution < -0.4 is 10.6 Å². The van der Waals surface area contributed by atoms with Crippen LogP contribution >= 0.6 is 0 Å². The maximum Gasteiger partial charge on any atom is 0.266 e. The summed E-state index contributed by atoms with van der Waals surface area (Å²) in [5.41, 5.74) is 10.6. The number of anilines is 2. The molecule has 0 aliphatic carbocycles. The highest BCUT2D eigenvalue weighted by molar-refractivity contribution is 6.35. The van der Waals surface area contributed by atoms with Crippen LogP contribution in [0.3, 0.4) is 0 Å². The van der Waals surface area contributed by atoms with Crippen molar-refractivity contribution in [2.45, 2.75) is 20.8 Å². The summed E-state index contributed by atoms with van der Waals surface area (Å²) in [6.07, 6.45) is 0. The molecule has 0 aromatic heterocycles. The first-order chi connectivity index (χ1) is 9.91. The molecule has 106 valence electrons. The Labute approximate surface area is 123 Å². The molecule has 3 rings (SSSR count). The van der Waals surface area contributed by atoms with Crippen LogP contribution in [0.15, 0.2) is 30.3 Å². The number of carbonyl (C=O) groups is 2. The lowest BCUT2D eigenvalue weighted by atomic mass is 10.1. The molecule has 0 atom stereocenters. The Morgan fingerprint density at radius 1 is 0.905 bits per heavy atom. The van der Waals surface area contributed by atoms with Crippen LogP contribution in [0.5, 0.6) is 0 Å². The highest BCUT2D eigenvalue weighted by Gasteiger charge is 2.38. The molecule has 0 unspecified atom stereocenters. The average molecular weight is 280 g/mol. The van der Waals surface area contributed by atoms with Crippen molar-refractivity contribution in [3.63, 3.8) is 0 Å². The SMILES string of the molecule is Cc1ccc2c(c1)C(=O)N(c1c(C)ccc(N)c1C)C2=O. The summed E-state index contributed by atoms with van der Waals surface area (Å²) < 4.78 is 0. The van der Waals surface area contributed by atoms with E-state index in [0.29, 0.717) is 22.5 Å². The van der Waals surface area contributed by atoms with Crippen LogP contribution in [0.25, 0.3) is 0 Å². The van der Waals surface area contributed by atoms with Gasteiger partial charge >= 0.3 is 0 Å². The van der Waals surface area contributed by atoms with Gasteiger partial charge in [0.1, 0.15) is 0 Å². The summed E-state index contributed by atoms with van der Waals surface area (Å²) >= 11 is 0. The second-order valence-electron chi connectivity index (χ2n) is 5.44. The number of imide groups is 1. The quantitative estimate of drug-likeness (QED) is 0.645. The van der Waals surface area contributed by atoms with Crippen molar-refractivity contribution in [2.24, 2.45) is 0 Å². The van der Waals surface area contributed by atoms with Gasteiger partial charge in [-0.2, -0.15) is 0 Å². The number of nitrogens with two attached hydrogens (primary N) is 1. The topological polar surface area (TPSA) is 63.4 Å². The smallest absolute Gasteiger partial charge is 0.266 e. The minimum absolute atomic E-state index is 0.282. The lowest BCUT2D eigenvalue weighted by molar-refractivity contribution is 0.0925. The molecule has 1 aliphatic rings. The predicted octanol–water partition coefficient (Wildman–Crippen LogP) is 2.99. The highest BCUT2D eigenvalue weighted by atomic mass is 16.2. The minimum Gasteiger partial charge on any atom is -0.398 e. The summed E-state index contributed by atoms with van der Waals surface area (Å²) in [6.45, 7) is 5.60. The Morgan fingerprint density at radius 2 is 1.57 bits per heavy atom. The van der Waals surface area contributed by atoms with E-state index in [0.717, 1.165) is 16.7 Å². The third-order valence-electron chi connectivity index (χ3n) is 3.94. The van der Waals surface area contributed by atoms with E-state index in [1.54, 1.807) is 18.2 Å². The minimum atomic E-state index is -0.285. The average Bonchev–Trinajstić information content (AvgIpc) is 2.68. The normalized spacial score (nSPS) is 13.8. The Morgan fingerprint density at radius 3 is 2.29 bits per heavy atom.